The molecular formula is C20H26ClNOSi. The van der Waals surface area contributed by atoms with E-state index in [1.165, 1.54) is 5.56 Å². The first-order valence-corrected chi connectivity index (χ1v) is 11.5. The van der Waals surface area contributed by atoms with Crippen molar-refractivity contribution in [3.8, 4) is 5.75 Å². The van der Waals surface area contributed by atoms with Crippen LogP contribution in [0.15, 0.2) is 47.5 Å². The molecule has 0 fully saturated rings. The van der Waals surface area contributed by atoms with Crippen molar-refractivity contribution in [1.29, 1.82) is 0 Å². The summed E-state index contributed by atoms with van der Waals surface area (Å²) in [4.78, 5) is 4.64. The highest BCUT2D eigenvalue weighted by molar-refractivity contribution is 6.74. The largest absolute Gasteiger partial charge is 0.542 e. The molecule has 2 nitrogen and oxygen atoms in total. The van der Waals surface area contributed by atoms with E-state index in [0.29, 0.717) is 0 Å². The predicted molar refractivity (Wildman–Crippen MR) is 108 cm³/mol. The summed E-state index contributed by atoms with van der Waals surface area (Å²) in [7, 11) is -1.91. The van der Waals surface area contributed by atoms with Crippen molar-refractivity contribution < 1.29 is 4.43 Å². The van der Waals surface area contributed by atoms with Gasteiger partial charge in [0.2, 0.25) is 0 Å². The van der Waals surface area contributed by atoms with Crippen LogP contribution in [0.25, 0.3) is 0 Å². The molecule has 0 aliphatic heterocycles. The van der Waals surface area contributed by atoms with Gasteiger partial charge in [-0.05, 0) is 60.4 Å². The Morgan fingerprint density at radius 1 is 1.04 bits per heavy atom. The number of halogens is 1. The fourth-order valence-corrected chi connectivity index (χ4v) is 3.08. The zero-order valence-corrected chi connectivity index (χ0v) is 17.1. The van der Waals surface area contributed by atoms with Gasteiger partial charge in [0.1, 0.15) is 11.4 Å². The van der Waals surface area contributed by atoms with E-state index in [0.717, 1.165) is 22.0 Å². The van der Waals surface area contributed by atoms with Crippen molar-refractivity contribution in [3.63, 3.8) is 0 Å². The van der Waals surface area contributed by atoms with Crippen LogP contribution in [0.1, 0.15) is 31.9 Å². The van der Waals surface area contributed by atoms with Crippen LogP contribution in [0.4, 0.5) is 5.69 Å². The molecule has 0 aromatic heterocycles. The summed E-state index contributed by atoms with van der Waals surface area (Å²) in [6.07, 6.45) is 1.85. The molecule has 0 radical (unpaired) electrons. The lowest BCUT2D eigenvalue weighted by atomic mass is 10.2. The monoisotopic (exact) mass is 359 g/mol. The standard InChI is InChI=1S/C20H26ClNOSi/c1-15-7-12-18(22-14-16-8-10-17(21)11-9-16)19(13-15)23-24(5,6)20(2,3)4/h7-14H,1-6H3/b22-14+. The van der Waals surface area contributed by atoms with Gasteiger partial charge in [-0.1, -0.05) is 50.6 Å². The summed E-state index contributed by atoms with van der Waals surface area (Å²) in [6.45, 7) is 13.3. The molecule has 0 aliphatic carbocycles. The Bertz CT molecular complexity index is 730. The third-order valence-corrected chi connectivity index (χ3v) is 9.10. The van der Waals surface area contributed by atoms with Crippen LogP contribution in [0.2, 0.25) is 23.2 Å². The van der Waals surface area contributed by atoms with Gasteiger partial charge >= 0.3 is 0 Å². The molecule has 0 N–H and O–H groups in total. The summed E-state index contributed by atoms with van der Waals surface area (Å²) in [5.41, 5.74) is 3.05. The van der Waals surface area contributed by atoms with E-state index < -0.39 is 8.32 Å². The summed E-state index contributed by atoms with van der Waals surface area (Å²) < 4.78 is 6.49. The van der Waals surface area contributed by atoms with Gasteiger partial charge in [-0.15, -0.1) is 0 Å². The lowest BCUT2D eigenvalue weighted by Crippen LogP contribution is -2.43. The molecular weight excluding hydrogens is 334 g/mol. The molecule has 0 saturated heterocycles. The molecule has 24 heavy (non-hydrogen) atoms. The van der Waals surface area contributed by atoms with E-state index in [9.17, 15) is 0 Å². The first-order valence-electron chi connectivity index (χ1n) is 8.18. The van der Waals surface area contributed by atoms with E-state index in [1.807, 2.05) is 36.5 Å². The Kier molecular flexibility index (Phi) is 5.56. The number of hydrogen-bond acceptors (Lipinski definition) is 2. The molecule has 0 saturated carbocycles. The molecule has 0 bridgehead atoms. The number of aliphatic imine (C=N–C) groups is 1. The van der Waals surface area contributed by atoms with Gasteiger partial charge in [0.15, 0.2) is 0 Å². The van der Waals surface area contributed by atoms with E-state index >= 15 is 0 Å². The molecule has 128 valence electrons. The van der Waals surface area contributed by atoms with Gasteiger partial charge in [-0.25, -0.2) is 0 Å². The third kappa shape index (κ3) is 4.71. The molecule has 4 heteroatoms. The zero-order chi connectivity index (χ0) is 18.0. The Hall–Kier alpha value is -1.58. The molecule has 0 heterocycles. The molecule has 0 atom stereocenters. The first kappa shape index (κ1) is 18.8. The maximum absolute atomic E-state index is 6.49. The second kappa shape index (κ2) is 7.12. The second-order valence-corrected chi connectivity index (χ2v) is 12.8. The number of rotatable bonds is 4. The van der Waals surface area contributed by atoms with Crippen molar-refractivity contribution in [2.24, 2.45) is 4.99 Å². The van der Waals surface area contributed by atoms with Gasteiger partial charge in [0.25, 0.3) is 8.32 Å². The maximum Gasteiger partial charge on any atom is 0.250 e. The van der Waals surface area contributed by atoms with Crippen LogP contribution < -0.4 is 4.43 Å². The quantitative estimate of drug-likeness (QED) is 0.435. The van der Waals surface area contributed by atoms with Crippen LogP contribution in [-0.4, -0.2) is 14.5 Å². The van der Waals surface area contributed by atoms with Gasteiger partial charge in [0, 0.05) is 11.2 Å². The van der Waals surface area contributed by atoms with Crippen LogP contribution >= 0.6 is 11.6 Å². The Morgan fingerprint density at radius 2 is 1.67 bits per heavy atom. The zero-order valence-electron chi connectivity index (χ0n) is 15.4. The van der Waals surface area contributed by atoms with E-state index in [4.69, 9.17) is 16.0 Å². The van der Waals surface area contributed by atoms with Crippen LogP contribution in [0.3, 0.4) is 0 Å². The van der Waals surface area contributed by atoms with Crippen molar-refractivity contribution >= 4 is 31.8 Å². The summed E-state index contributed by atoms with van der Waals surface area (Å²) in [5.74, 6) is 0.867. The molecule has 2 aromatic carbocycles. The average Bonchev–Trinajstić information content (AvgIpc) is 2.46. The smallest absolute Gasteiger partial charge is 0.250 e. The number of hydrogen-bond donors (Lipinski definition) is 0. The highest BCUT2D eigenvalue weighted by atomic mass is 35.5. The van der Waals surface area contributed by atoms with Crippen molar-refractivity contribution in [1.82, 2.24) is 0 Å². The lowest BCUT2D eigenvalue weighted by Gasteiger charge is -2.36. The number of benzene rings is 2. The van der Waals surface area contributed by atoms with Crippen molar-refractivity contribution in [3.05, 3.63) is 58.6 Å². The minimum Gasteiger partial charge on any atom is -0.542 e. The highest BCUT2D eigenvalue weighted by Crippen LogP contribution is 2.40. The lowest BCUT2D eigenvalue weighted by molar-refractivity contribution is 0.493. The Labute approximate surface area is 151 Å². The summed E-state index contributed by atoms with van der Waals surface area (Å²) in [6, 6.07) is 13.8. The molecule has 0 amide bonds. The van der Waals surface area contributed by atoms with Gasteiger partial charge in [-0.3, -0.25) is 4.99 Å². The van der Waals surface area contributed by atoms with Gasteiger partial charge in [0.05, 0.1) is 0 Å². The van der Waals surface area contributed by atoms with Crippen LogP contribution in [-0.2, 0) is 0 Å². The van der Waals surface area contributed by atoms with Crippen LogP contribution in [0.5, 0.6) is 5.75 Å². The molecule has 0 unspecified atom stereocenters. The van der Waals surface area contributed by atoms with E-state index in [-0.39, 0.29) is 5.04 Å². The number of nitrogens with zero attached hydrogens (tertiary/aromatic N) is 1. The number of aryl methyl sites for hydroxylation is 1. The maximum atomic E-state index is 6.49. The fourth-order valence-electron chi connectivity index (χ4n) is 1.93. The average molecular weight is 360 g/mol. The predicted octanol–water partition coefficient (Wildman–Crippen LogP) is 6.78. The molecule has 0 aliphatic rings. The summed E-state index contributed by atoms with van der Waals surface area (Å²) in [5, 5.41) is 0.873. The van der Waals surface area contributed by atoms with E-state index in [1.54, 1.807) is 0 Å². The molecule has 0 spiro atoms. The Balaban J connectivity index is 2.32. The van der Waals surface area contributed by atoms with Gasteiger partial charge in [-0.2, -0.15) is 0 Å². The first-order chi connectivity index (χ1) is 11.1. The normalized spacial score (nSPS) is 12.6. The fraction of sp³-hybridized carbons (Fsp3) is 0.350. The van der Waals surface area contributed by atoms with Crippen LogP contribution in [0, 0.1) is 6.92 Å². The topological polar surface area (TPSA) is 21.6 Å². The van der Waals surface area contributed by atoms with E-state index in [2.05, 4.69) is 57.9 Å². The Morgan fingerprint density at radius 3 is 2.25 bits per heavy atom. The highest BCUT2D eigenvalue weighted by Gasteiger charge is 2.39. The second-order valence-electron chi connectivity index (χ2n) is 7.64. The van der Waals surface area contributed by atoms with Crippen molar-refractivity contribution in [2.45, 2.75) is 45.8 Å². The molecule has 2 aromatic rings. The van der Waals surface area contributed by atoms with Crippen molar-refractivity contribution in [2.75, 3.05) is 0 Å². The minimum atomic E-state index is -1.91. The minimum absolute atomic E-state index is 0.147. The molecule has 2 rings (SSSR count). The third-order valence-electron chi connectivity index (χ3n) is 4.51. The van der Waals surface area contributed by atoms with Gasteiger partial charge < -0.3 is 4.43 Å². The summed E-state index contributed by atoms with van der Waals surface area (Å²) >= 11 is 5.93. The SMILES string of the molecule is Cc1ccc(/N=C/c2ccc(Cl)cc2)c(O[Si](C)(C)C(C)(C)C)c1.